The van der Waals surface area contributed by atoms with Gasteiger partial charge in [0.25, 0.3) is 0 Å². The van der Waals surface area contributed by atoms with Gasteiger partial charge < -0.3 is 16.6 Å². The third-order valence-corrected chi connectivity index (χ3v) is 2.81. The van der Waals surface area contributed by atoms with Gasteiger partial charge >= 0.3 is 0 Å². The summed E-state index contributed by atoms with van der Waals surface area (Å²) < 4.78 is 0. The van der Waals surface area contributed by atoms with Gasteiger partial charge in [-0.3, -0.25) is 0 Å². The van der Waals surface area contributed by atoms with Crippen LogP contribution in [0.3, 0.4) is 0 Å². The van der Waals surface area contributed by atoms with Crippen LogP contribution in [-0.4, -0.2) is 11.7 Å². The first-order chi connectivity index (χ1) is 8.20. The van der Waals surface area contributed by atoms with Gasteiger partial charge in [-0.1, -0.05) is 24.3 Å². The van der Waals surface area contributed by atoms with E-state index >= 15 is 0 Å². The molecule has 0 saturated heterocycles. The van der Waals surface area contributed by atoms with Crippen molar-refractivity contribution in [2.75, 3.05) is 18.1 Å². The normalized spacial score (nSPS) is 10.7. The molecule has 3 nitrogen and oxygen atoms in total. The second-order valence-corrected chi connectivity index (χ2v) is 4.08. The summed E-state index contributed by atoms with van der Waals surface area (Å²) >= 11 is 0. The Kier molecular flexibility index (Phi) is 3.30. The van der Waals surface area contributed by atoms with Crippen LogP contribution in [0.1, 0.15) is 17.0 Å². The van der Waals surface area contributed by atoms with Gasteiger partial charge in [-0.05, 0) is 35.4 Å². The third kappa shape index (κ3) is 2.57. The Balaban J connectivity index is 2.40. The molecule has 0 bridgehead atoms. The highest BCUT2D eigenvalue weighted by Crippen LogP contribution is 2.26. The zero-order chi connectivity index (χ0) is 12.3. The Morgan fingerprint density at radius 2 is 1.35 bits per heavy atom. The highest BCUT2D eigenvalue weighted by molar-refractivity contribution is 5.48. The van der Waals surface area contributed by atoms with E-state index in [1.165, 1.54) is 0 Å². The second-order valence-electron chi connectivity index (χ2n) is 4.08. The maximum atomic E-state index is 9.53. The molecule has 17 heavy (non-hydrogen) atoms. The highest BCUT2D eigenvalue weighted by atomic mass is 16.3. The molecule has 0 radical (unpaired) electrons. The SMILES string of the molecule is Nc1cccc(C(CO)c2cccc(N)c2)c1. The number of benzene rings is 2. The van der Waals surface area contributed by atoms with Gasteiger partial charge in [0.15, 0.2) is 0 Å². The smallest absolute Gasteiger partial charge is 0.0540 e. The van der Waals surface area contributed by atoms with E-state index in [1.807, 2.05) is 48.5 Å². The van der Waals surface area contributed by atoms with Crippen LogP contribution in [0.4, 0.5) is 11.4 Å². The van der Waals surface area contributed by atoms with E-state index in [0.717, 1.165) is 11.1 Å². The standard InChI is InChI=1S/C14H16N2O/c15-12-5-1-3-10(7-12)14(9-17)11-4-2-6-13(16)8-11/h1-8,14,17H,9,15-16H2. The number of aliphatic hydroxyl groups is 1. The van der Waals surface area contributed by atoms with E-state index < -0.39 is 0 Å². The summed E-state index contributed by atoms with van der Waals surface area (Å²) in [5.74, 6) is -0.0815. The monoisotopic (exact) mass is 228 g/mol. The molecular weight excluding hydrogens is 212 g/mol. The lowest BCUT2D eigenvalue weighted by molar-refractivity contribution is 0.280. The fourth-order valence-electron chi connectivity index (χ4n) is 1.95. The maximum absolute atomic E-state index is 9.53. The molecule has 3 heteroatoms. The third-order valence-electron chi connectivity index (χ3n) is 2.81. The van der Waals surface area contributed by atoms with E-state index in [4.69, 9.17) is 11.5 Å². The van der Waals surface area contributed by atoms with Crippen LogP contribution in [-0.2, 0) is 0 Å². The topological polar surface area (TPSA) is 72.3 Å². The van der Waals surface area contributed by atoms with E-state index in [0.29, 0.717) is 11.4 Å². The quantitative estimate of drug-likeness (QED) is 0.703. The number of rotatable bonds is 3. The zero-order valence-electron chi connectivity index (χ0n) is 9.51. The first-order valence-corrected chi connectivity index (χ1v) is 5.52. The molecule has 0 amide bonds. The van der Waals surface area contributed by atoms with E-state index in [1.54, 1.807) is 0 Å². The molecule has 2 aromatic carbocycles. The molecule has 0 aliphatic carbocycles. The van der Waals surface area contributed by atoms with Gasteiger partial charge in [-0.15, -0.1) is 0 Å². The Labute approximate surface area is 101 Å². The number of anilines is 2. The van der Waals surface area contributed by atoms with Crippen molar-refractivity contribution in [3.8, 4) is 0 Å². The van der Waals surface area contributed by atoms with Crippen LogP contribution in [0.2, 0.25) is 0 Å². The number of nitrogen functional groups attached to an aromatic ring is 2. The molecule has 0 aliphatic heterocycles. The van der Waals surface area contributed by atoms with Gasteiger partial charge in [-0.25, -0.2) is 0 Å². The average molecular weight is 228 g/mol. The van der Waals surface area contributed by atoms with Gasteiger partial charge in [0.05, 0.1) is 6.61 Å². The van der Waals surface area contributed by atoms with E-state index in [9.17, 15) is 5.11 Å². The van der Waals surface area contributed by atoms with Crippen LogP contribution >= 0.6 is 0 Å². The summed E-state index contributed by atoms with van der Waals surface area (Å²) in [6.07, 6.45) is 0. The number of hydrogen-bond donors (Lipinski definition) is 3. The molecule has 5 N–H and O–H groups in total. The summed E-state index contributed by atoms with van der Waals surface area (Å²) in [7, 11) is 0. The predicted molar refractivity (Wildman–Crippen MR) is 70.6 cm³/mol. The summed E-state index contributed by atoms with van der Waals surface area (Å²) in [5.41, 5.74) is 14.9. The predicted octanol–water partition coefficient (Wildman–Crippen LogP) is 1.98. The molecule has 2 rings (SSSR count). The van der Waals surface area contributed by atoms with Crippen molar-refractivity contribution in [2.45, 2.75) is 5.92 Å². The molecule has 2 aromatic rings. The maximum Gasteiger partial charge on any atom is 0.0540 e. The largest absolute Gasteiger partial charge is 0.399 e. The van der Waals surface area contributed by atoms with Gasteiger partial charge in [-0.2, -0.15) is 0 Å². The fraction of sp³-hybridized carbons (Fsp3) is 0.143. The molecule has 88 valence electrons. The minimum absolute atomic E-state index is 0.0346. The van der Waals surface area contributed by atoms with Crippen LogP contribution in [0, 0.1) is 0 Å². The molecule has 0 aliphatic rings. The molecule has 0 spiro atoms. The average Bonchev–Trinajstić information content (AvgIpc) is 2.30. The van der Waals surface area contributed by atoms with Gasteiger partial charge in [0, 0.05) is 17.3 Å². The van der Waals surface area contributed by atoms with Crippen LogP contribution < -0.4 is 11.5 Å². The summed E-state index contributed by atoms with van der Waals surface area (Å²) in [6, 6.07) is 15.1. The lowest BCUT2D eigenvalue weighted by Gasteiger charge is -2.16. The van der Waals surface area contributed by atoms with Crippen molar-refractivity contribution >= 4 is 11.4 Å². The van der Waals surface area contributed by atoms with Gasteiger partial charge in [0.1, 0.15) is 0 Å². The van der Waals surface area contributed by atoms with Crippen molar-refractivity contribution in [3.63, 3.8) is 0 Å². The molecule has 0 heterocycles. The van der Waals surface area contributed by atoms with E-state index in [-0.39, 0.29) is 12.5 Å². The highest BCUT2D eigenvalue weighted by Gasteiger charge is 2.13. The number of hydrogen-bond acceptors (Lipinski definition) is 3. The zero-order valence-corrected chi connectivity index (χ0v) is 9.51. The Bertz CT molecular complexity index is 466. The summed E-state index contributed by atoms with van der Waals surface area (Å²) in [4.78, 5) is 0. The van der Waals surface area contributed by atoms with Crippen LogP contribution in [0.25, 0.3) is 0 Å². The summed E-state index contributed by atoms with van der Waals surface area (Å²) in [6.45, 7) is 0.0346. The first kappa shape index (κ1) is 11.5. The number of aliphatic hydroxyl groups excluding tert-OH is 1. The Morgan fingerprint density at radius 3 is 1.71 bits per heavy atom. The van der Waals surface area contributed by atoms with E-state index in [2.05, 4.69) is 0 Å². The van der Waals surface area contributed by atoms with Crippen molar-refractivity contribution in [1.82, 2.24) is 0 Å². The molecule has 0 fully saturated rings. The second kappa shape index (κ2) is 4.89. The van der Waals surface area contributed by atoms with Crippen molar-refractivity contribution in [1.29, 1.82) is 0 Å². The first-order valence-electron chi connectivity index (χ1n) is 5.52. The summed E-state index contributed by atoms with van der Waals surface area (Å²) in [5, 5.41) is 9.53. The Hall–Kier alpha value is -2.00. The van der Waals surface area contributed by atoms with Crippen LogP contribution in [0.5, 0.6) is 0 Å². The molecule has 0 atom stereocenters. The van der Waals surface area contributed by atoms with Crippen molar-refractivity contribution in [2.24, 2.45) is 0 Å². The lowest BCUT2D eigenvalue weighted by atomic mass is 9.91. The lowest BCUT2D eigenvalue weighted by Crippen LogP contribution is -2.07. The van der Waals surface area contributed by atoms with Crippen LogP contribution in [0.15, 0.2) is 48.5 Å². The number of nitrogens with two attached hydrogens (primary N) is 2. The molecule has 0 saturated carbocycles. The van der Waals surface area contributed by atoms with Crippen molar-refractivity contribution < 1.29 is 5.11 Å². The minimum atomic E-state index is -0.0815. The minimum Gasteiger partial charge on any atom is -0.399 e. The van der Waals surface area contributed by atoms with Gasteiger partial charge in [0.2, 0.25) is 0 Å². The Morgan fingerprint density at radius 1 is 0.882 bits per heavy atom. The fourth-order valence-corrected chi connectivity index (χ4v) is 1.95. The molecule has 0 unspecified atom stereocenters. The van der Waals surface area contributed by atoms with Crippen molar-refractivity contribution in [3.05, 3.63) is 59.7 Å². The molecule has 0 aromatic heterocycles. The molecular formula is C14H16N2O.